The van der Waals surface area contributed by atoms with Gasteiger partial charge >= 0.3 is 0 Å². The van der Waals surface area contributed by atoms with Gasteiger partial charge in [0.05, 0.1) is 6.54 Å². The molecule has 17 heavy (non-hydrogen) atoms. The molecular weight excluding hydrogens is 238 g/mol. The van der Waals surface area contributed by atoms with Gasteiger partial charge in [0.15, 0.2) is 0 Å². The van der Waals surface area contributed by atoms with E-state index in [-0.39, 0.29) is 5.91 Å². The number of amides is 1. The molecule has 5 heteroatoms. The summed E-state index contributed by atoms with van der Waals surface area (Å²) in [6, 6.07) is 5.67. The molecule has 0 saturated carbocycles. The lowest BCUT2D eigenvalue weighted by molar-refractivity contribution is -0.119. The highest BCUT2D eigenvalue weighted by atomic mass is 35.5. The number of rotatable bonds is 5. The monoisotopic (exact) mass is 255 g/mol. The van der Waals surface area contributed by atoms with Crippen LogP contribution in [0.4, 0.5) is 5.69 Å². The van der Waals surface area contributed by atoms with E-state index in [1.807, 2.05) is 30.0 Å². The second-order valence-electron chi connectivity index (χ2n) is 3.67. The van der Waals surface area contributed by atoms with Gasteiger partial charge in [-0.1, -0.05) is 17.7 Å². The maximum atomic E-state index is 11.4. The predicted octanol–water partition coefficient (Wildman–Crippen LogP) is 1.37. The Morgan fingerprint density at radius 1 is 1.53 bits per heavy atom. The van der Waals surface area contributed by atoms with Crippen molar-refractivity contribution in [1.29, 1.82) is 0 Å². The average Bonchev–Trinajstić information content (AvgIpc) is 2.35. The number of benzene rings is 1. The molecule has 0 spiro atoms. The Balaban J connectivity index is 2.88. The Bertz CT molecular complexity index is 395. The zero-order valence-electron chi connectivity index (χ0n) is 10.2. The average molecular weight is 256 g/mol. The molecule has 0 aliphatic carbocycles. The highest BCUT2D eigenvalue weighted by Gasteiger charge is 2.10. The van der Waals surface area contributed by atoms with E-state index in [4.69, 9.17) is 17.3 Å². The normalized spacial score (nSPS) is 10.1. The summed E-state index contributed by atoms with van der Waals surface area (Å²) in [6.45, 7) is 3.48. The highest BCUT2D eigenvalue weighted by Crippen LogP contribution is 2.23. The van der Waals surface area contributed by atoms with E-state index in [2.05, 4.69) is 5.32 Å². The van der Waals surface area contributed by atoms with E-state index in [1.54, 1.807) is 7.05 Å². The zero-order chi connectivity index (χ0) is 12.8. The van der Waals surface area contributed by atoms with E-state index in [0.29, 0.717) is 18.1 Å². The second kappa shape index (κ2) is 6.47. The van der Waals surface area contributed by atoms with Crippen LogP contribution in [-0.4, -0.2) is 26.0 Å². The Morgan fingerprint density at radius 2 is 2.24 bits per heavy atom. The molecule has 0 saturated heterocycles. The highest BCUT2D eigenvalue weighted by molar-refractivity contribution is 6.31. The van der Waals surface area contributed by atoms with Gasteiger partial charge in [0, 0.05) is 30.8 Å². The molecular formula is C12H18ClN3O. The quantitative estimate of drug-likeness (QED) is 0.836. The van der Waals surface area contributed by atoms with E-state index in [9.17, 15) is 4.79 Å². The summed E-state index contributed by atoms with van der Waals surface area (Å²) < 4.78 is 0. The van der Waals surface area contributed by atoms with Crippen molar-refractivity contribution in [3.8, 4) is 0 Å². The third-order valence-electron chi connectivity index (χ3n) is 2.62. The summed E-state index contributed by atoms with van der Waals surface area (Å²) in [6.07, 6.45) is 0. The molecule has 0 heterocycles. The molecule has 1 aromatic carbocycles. The van der Waals surface area contributed by atoms with Crippen LogP contribution in [0, 0.1) is 0 Å². The SMILES string of the molecule is CCN(CC(=O)NC)c1ccc(CN)c(Cl)c1. The van der Waals surface area contributed by atoms with Crippen LogP contribution in [-0.2, 0) is 11.3 Å². The topological polar surface area (TPSA) is 58.4 Å². The molecule has 0 fully saturated rings. The number of nitrogens with two attached hydrogens (primary N) is 1. The molecule has 4 nitrogen and oxygen atoms in total. The van der Waals surface area contributed by atoms with E-state index in [0.717, 1.165) is 17.8 Å². The Hall–Kier alpha value is -1.26. The molecule has 0 atom stereocenters. The summed E-state index contributed by atoms with van der Waals surface area (Å²) in [7, 11) is 1.63. The van der Waals surface area contributed by atoms with Gasteiger partial charge in [-0.2, -0.15) is 0 Å². The van der Waals surface area contributed by atoms with Crippen LogP contribution in [0.15, 0.2) is 18.2 Å². The van der Waals surface area contributed by atoms with E-state index in [1.165, 1.54) is 0 Å². The van der Waals surface area contributed by atoms with Gasteiger partial charge in [-0.25, -0.2) is 0 Å². The van der Waals surface area contributed by atoms with Crippen LogP contribution in [0.1, 0.15) is 12.5 Å². The maximum absolute atomic E-state index is 11.4. The van der Waals surface area contributed by atoms with Crippen LogP contribution in [0.25, 0.3) is 0 Å². The molecule has 0 bridgehead atoms. The minimum Gasteiger partial charge on any atom is -0.362 e. The van der Waals surface area contributed by atoms with Crippen LogP contribution in [0.2, 0.25) is 5.02 Å². The van der Waals surface area contributed by atoms with E-state index < -0.39 is 0 Å². The summed E-state index contributed by atoms with van der Waals surface area (Å²) in [5.41, 5.74) is 7.39. The van der Waals surface area contributed by atoms with Crippen molar-refractivity contribution in [1.82, 2.24) is 5.32 Å². The molecule has 0 aliphatic rings. The first kappa shape index (κ1) is 13.8. The van der Waals surface area contributed by atoms with Gasteiger partial charge < -0.3 is 16.0 Å². The fourth-order valence-corrected chi connectivity index (χ4v) is 1.79. The Kier molecular flexibility index (Phi) is 5.25. The predicted molar refractivity (Wildman–Crippen MR) is 71.3 cm³/mol. The molecule has 94 valence electrons. The summed E-state index contributed by atoms with van der Waals surface area (Å²) in [5.74, 6) is -0.0223. The van der Waals surface area contributed by atoms with Crippen LogP contribution < -0.4 is 16.0 Å². The minimum absolute atomic E-state index is 0.0223. The summed E-state index contributed by atoms with van der Waals surface area (Å²) in [4.78, 5) is 13.3. The first-order valence-electron chi connectivity index (χ1n) is 5.56. The number of hydrogen-bond acceptors (Lipinski definition) is 3. The van der Waals surface area contributed by atoms with Gasteiger partial charge in [-0.3, -0.25) is 4.79 Å². The number of hydrogen-bond donors (Lipinski definition) is 2. The van der Waals surface area contributed by atoms with Crippen molar-refractivity contribution in [2.45, 2.75) is 13.5 Å². The molecule has 0 radical (unpaired) electrons. The lowest BCUT2D eigenvalue weighted by atomic mass is 10.2. The van der Waals surface area contributed by atoms with Crippen LogP contribution in [0.5, 0.6) is 0 Å². The number of carbonyl (C=O) groups is 1. The number of carbonyl (C=O) groups excluding carboxylic acids is 1. The van der Waals surface area contributed by atoms with Crippen LogP contribution in [0.3, 0.4) is 0 Å². The molecule has 0 aliphatic heterocycles. The van der Waals surface area contributed by atoms with Gasteiger partial charge in [-0.05, 0) is 24.6 Å². The minimum atomic E-state index is -0.0223. The lowest BCUT2D eigenvalue weighted by Gasteiger charge is -2.22. The van der Waals surface area contributed by atoms with Gasteiger partial charge in [0.1, 0.15) is 0 Å². The first-order valence-corrected chi connectivity index (χ1v) is 5.94. The smallest absolute Gasteiger partial charge is 0.239 e. The number of halogens is 1. The van der Waals surface area contributed by atoms with Crippen molar-refractivity contribution in [3.05, 3.63) is 28.8 Å². The number of likely N-dealkylation sites (N-methyl/N-ethyl adjacent to an activating group) is 2. The first-order chi connectivity index (χ1) is 8.12. The Morgan fingerprint density at radius 3 is 2.71 bits per heavy atom. The number of nitrogens with zero attached hydrogens (tertiary/aromatic N) is 1. The second-order valence-corrected chi connectivity index (χ2v) is 4.07. The van der Waals surface area contributed by atoms with Crippen molar-refractivity contribution in [2.75, 3.05) is 25.0 Å². The lowest BCUT2D eigenvalue weighted by Crippen LogP contribution is -2.35. The zero-order valence-corrected chi connectivity index (χ0v) is 10.9. The van der Waals surface area contributed by atoms with Crippen LogP contribution >= 0.6 is 11.6 Å². The fraction of sp³-hybridized carbons (Fsp3) is 0.417. The maximum Gasteiger partial charge on any atom is 0.239 e. The number of anilines is 1. The van der Waals surface area contributed by atoms with E-state index >= 15 is 0 Å². The van der Waals surface area contributed by atoms with Gasteiger partial charge in [0.25, 0.3) is 0 Å². The van der Waals surface area contributed by atoms with Crippen molar-refractivity contribution in [2.24, 2.45) is 5.73 Å². The van der Waals surface area contributed by atoms with Crippen molar-refractivity contribution < 1.29 is 4.79 Å². The fourth-order valence-electron chi connectivity index (χ4n) is 1.54. The third-order valence-corrected chi connectivity index (χ3v) is 2.97. The van der Waals surface area contributed by atoms with Gasteiger partial charge in [0.2, 0.25) is 5.91 Å². The summed E-state index contributed by atoms with van der Waals surface area (Å²) >= 11 is 6.09. The molecule has 0 aromatic heterocycles. The molecule has 3 N–H and O–H groups in total. The van der Waals surface area contributed by atoms with Crippen molar-refractivity contribution in [3.63, 3.8) is 0 Å². The Labute approximate surface area is 107 Å². The summed E-state index contributed by atoms with van der Waals surface area (Å²) in [5, 5.41) is 3.24. The standard InChI is InChI=1S/C12H18ClN3O/c1-3-16(8-12(17)15-2)10-5-4-9(7-14)11(13)6-10/h4-6H,3,7-8,14H2,1-2H3,(H,15,17). The third kappa shape index (κ3) is 3.61. The van der Waals surface area contributed by atoms with Gasteiger partial charge in [-0.15, -0.1) is 0 Å². The largest absolute Gasteiger partial charge is 0.362 e. The van der Waals surface area contributed by atoms with Crippen molar-refractivity contribution >= 4 is 23.2 Å². The molecule has 1 aromatic rings. The molecule has 0 unspecified atom stereocenters. The molecule has 1 amide bonds. The molecule has 1 rings (SSSR count). The number of nitrogens with one attached hydrogen (secondary N) is 1.